The molecule has 5 nitrogen and oxygen atoms in total. The van der Waals surface area contributed by atoms with Gasteiger partial charge >= 0.3 is 5.97 Å². The van der Waals surface area contributed by atoms with Crippen molar-refractivity contribution in [2.45, 2.75) is 39.5 Å². The molecule has 0 fully saturated rings. The lowest BCUT2D eigenvalue weighted by Crippen LogP contribution is -2.38. The third kappa shape index (κ3) is 5.14. The summed E-state index contributed by atoms with van der Waals surface area (Å²) in [5.74, 6) is -0.230. The number of ether oxygens (including phenoxy) is 2. The number of para-hydroxylation sites is 1. The average Bonchev–Trinajstić information content (AvgIpc) is 2.75. The van der Waals surface area contributed by atoms with Gasteiger partial charge in [0.2, 0.25) is 0 Å². The highest BCUT2D eigenvalue weighted by Gasteiger charge is 2.43. The van der Waals surface area contributed by atoms with Crippen molar-refractivity contribution in [3.8, 4) is 5.75 Å². The minimum absolute atomic E-state index is 0.0453. The Balaban J connectivity index is 1.60. The molecule has 1 N–H and O–H groups in total. The fourth-order valence-corrected chi connectivity index (χ4v) is 4.81. The Morgan fingerprint density at radius 3 is 2.58 bits per heavy atom. The number of benzene rings is 2. The number of carbonyl (C=O) groups excluding carboxylic acids is 2. The molecule has 1 atom stereocenters. The third-order valence-corrected chi connectivity index (χ3v) is 6.21. The second-order valence-corrected chi connectivity index (χ2v) is 9.72. The van der Waals surface area contributed by atoms with Crippen molar-refractivity contribution in [1.82, 2.24) is 5.32 Å². The summed E-state index contributed by atoms with van der Waals surface area (Å²) < 4.78 is 11.2. The Morgan fingerprint density at radius 1 is 1.09 bits per heavy atom. The summed E-state index contributed by atoms with van der Waals surface area (Å²) in [6.45, 7) is 6.35. The van der Waals surface area contributed by atoms with Gasteiger partial charge in [-0.2, -0.15) is 0 Å². The molecule has 0 aromatic heterocycles. The van der Waals surface area contributed by atoms with E-state index < -0.39 is 11.9 Å². The molecule has 172 valence electrons. The number of halogens is 1. The van der Waals surface area contributed by atoms with E-state index in [0.29, 0.717) is 34.0 Å². The molecule has 6 heteroatoms. The summed E-state index contributed by atoms with van der Waals surface area (Å²) in [6, 6.07) is 16.7. The van der Waals surface area contributed by atoms with Crippen molar-refractivity contribution in [3.05, 3.63) is 87.7 Å². The molecule has 0 saturated carbocycles. The molecule has 4 rings (SSSR count). The van der Waals surface area contributed by atoms with Gasteiger partial charge in [-0.3, -0.25) is 4.79 Å². The van der Waals surface area contributed by atoms with Crippen molar-refractivity contribution in [1.29, 1.82) is 0 Å². The fourth-order valence-electron chi connectivity index (χ4n) is 4.61. The third-order valence-electron chi connectivity index (χ3n) is 5.97. The number of dihydropyridines is 1. The summed E-state index contributed by atoms with van der Waals surface area (Å²) in [5.41, 5.74) is 3.30. The number of allylic oxidation sites excluding steroid dienone is 3. The SMILES string of the molecule is CC1=C(C(=O)OCCOc2ccccc2)[C@H](c2cccc(Cl)c2)C2=C(CC(C)(C)CC2=O)N1. The summed E-state index contributed by atoms with van der Waals surface area (Å²) in [4.78, 5) is 26.5. The minimum Gasteiger partial charge on any atom is -0.490 e. The molecule has 0 saturated heterocycles. The molecule has 0 spiro atoms. The van der Waals surface area contributed by atoms with Crippen LogP contribution in [0.4, 0.5) is 0 Å². The zero-order valence-corrected chi connectivity index (χ0v) is 19.9. The van der Waals surface area contributed by atoms with Gasteiger partial charge in [0.25, 0.3) is 0 Å². The molecule has 0 unspecified atom stereocenters. The van der Waals surface area contributed by atoms with Crippen molar-refractivity contribution < 1.29 is 19.1 Å². The number of rotatable bonds is 6. The van der Waals surface area contributed by atoms with Crippen molar-refractivity contribution in [2.24, 2.45) is 5.41 Å². The number of nitrogens with one attached hydrogen (secondary N) is 1. The molecule has 33 heavy (non-hydrogen) atoms. The Bertz CT molecular complexity index is 1130. The van der Waals surface area contributed by atoms with E-state index in [-0.39, 0.29) is 24.4 Å². The van der Waals surface area contributed by atoms with Crippen LogP contribution in [0.3, 0.4) is 0 Å². The number of hydrogen-bond donors (Lipinski definition) is 1. The fraction of sp³-hybridized carbons (Fsp3) is 0.333. The summed E-state index contributed by atoms with van der Waals surface area (Å²) in [7, 11) is 0. The standard InChI is InChI=1S/C27H28ClNO4/c1-17-23(26(31)33-13-12-32-20-10-5-4-6-11-20)24(18-8-7-9-19(28)14-18)25-21(29-17)15-27(2,3)16-22(25)30/h4-11,14,24,29H,12-13,15-16H2,1-3H3/t24-/m0/s1. The van der Waals surface area contributed by atoms with Gasteiger partial charge in [-0.15, -0.1) is 0 Å². The smallest absolute Gasteiger partial charge is 0.336 e. The molecule has 1 aliphatic carbocycles. The van der Waals surface area contributed by atoms with Crippen LogP contribution in [0.5, 0.6) is 5.75 Å². The Labute approximate surface area is 199 Å². The van der Waals surface area contributed by atoms with Crippen LogP contribution in [0.1, 0.15) is 45.1 Å². The van der Waals surface area contributed by atoms with Crippen LogP contribution in [0.2, 0.25) is 5.02 Å². The number of esters is 1. The van der Waals surface area contributed by atoms with Gasteiger partial charge < -0.3 is 14.8 Å². The van der Waals surface area contributed by atoms with Crippen LogP contribution < -0.4 is 10.1 Å². The molecule has 1 heterocycles. The number of hydrogen-bond acceptors (Lipinski definition) is 5. The highest BCUT2D eigenvalue weighted by atomic mass is 35.5. The highest BCUT2D eigenvalue weighted by Crippen LogP contribution is 2.47. The van der Waals surface area contributed by atoms with Gasteiger partial charge in [0, 0.05) is 34.3 Å². The van der Waals surface area contributed by atoms with E-state index in [0.717, 1.165) is 17.7 Å². The predicted molar refractivity (Wildman–Crippen MR) is 128 cm³/mol. The predicted octanol–water partition coefficient (Wildman–Crippen LogP) is 5.57. The van der Waals surface area contributed by atoms with Gasteiger partial charge in [-0.1, -0.05) is 55.8 Å². The zero-order chi connectivity index (χ0) is 23.6. The van der Waals surface area contributed by atoms with Crippen LogP contribution in [0.15, 0.2) is 77.1 Å². The van der Waals surface area contributed by atoms with E-state index in [4.69, 9.17) is 21.1 Å². The van der Waals surface area contributed by atoms with E-state index >= 15 is 0 Å². The summed E-state index contributed by atoms with van der Waals surface area (Å²) in [6.07, 6.45) is 1.16. The van der Waals surface area contributed by atoms with Gasteiger partial charge in [-0.05, 0) is 48.6 Å². The molecule has 2 aromatic carbocycles. The van der Waals surface area contributed by atoms with Crippen LogP contribution in [0.25, 0.3) is 0 Å². The first-order chi connectivity index (χ1) is 15.7. The van der Waals surface area contributed by atoms with E-state index in [1.165, 1.54) is 0 Å². The van der Waals surface area contributed by atoms with Crippen LogP contribution >= 0.6 is 11.6 Å². The monoisotopic (exact) mass is 465 g/mol. The quantitative estimate of drug-likeness (QED) is 0.446. The normalized spacial score (nSPS) is 19.6. The second-order valence-electron chi connectivity index (χ2n) is 9.28. The topological polar surface area (TPSA) is 64.6 Å². The molecule has 2 aromatic rings. The van der Waals surface area contributed by atoms with E-state index in [1.54, 1.807) is 6.07 Å². The van der Waals surface area contributed by atoms with Gasteiger partial charge in [0.1, 0.15) is 19.0 Å². The largest absolute Gasteiger partial charge is 0.490 e. The maximum atomic E-state index is 13.3. The molecule has 0 radical (unpaired) electrons. The minimum atomic E-state index is -0.522. The zero-order valence-electron chi connectivity index (χ0n) is 19.1. The first-order valence-corrected chi connectivity index (χ1v) is 11.5. The average molecular weight is 466 g/mol. The van der Waals surface area contributed by atoms with Crippen molar-refractivity contribution in [2.75, 3.05) is 13.2 Å². The molecular formula is C27H28ClNO4. The Hall–Kier alpha value is -3.05. The van der Waals surface area contributed by atoms with Gasteiger partial charge in [-0.25, -0.2) is 4.79 Å². The second kappa shape index (κ2) is 9.44. The summed E-state index contributed by atoms with van der Waals surface area (Å²) in [5, 5.41) is 3.89. The molecule has 2 aliphatic rings. The first-order valence-electron chi connectivity index (χ1n) is 11.1. The van der Waals surface area contributed by atoms with E-state index in [2.05, 4.69) is 19.2 Å². The van der Waals surface area contributed by atoms with Crippen molar-refractivity contribution >= 4 is 23.4 Å². The lowest BCUT2D eigenvalue weighted by molar-refractivity contribution is -0.140. The number of Topliss-reactive ketones (excluding diaryl/α,β-unsaturated/α-hetero) is 1. The van der Waals surface area contributed by atoms with Crippen LogP contribution in [-0.4, -0.2) is 25.0 Å². The number of ketones is 1. The Morgan fingerprint density at radius 2 is 1.85 bits per heavy atom. The molecule has 1 aliphatic heterocycles. The maximum Gasteiger partial charge on any atom is 0.336 e. The highest BCUT2D eigenvalue weighted by molar-refractivity contribution is 6.30. The molecule has 0 amide bonds. The molecule has 0 bridgehead atoms. The van der Waals surface area contributed by atoms with E-state index in [9.17, 15) is 9.59 Å². The summed E-state index contributed by atoms with van der Waals surface area (Å²) >= 11 is 6.28. The lowest BCUT2D eigenvalue weighted by atomic mass is 9.68. The maximum absolute atomic E-state index is 13.3. The van der Waals surface area contributed by atoms with Gasteiger partial charge in [0.15, 0.2) is 5.78 Å². The lowest BCUT2D eigenvalue weighted by Gasteiger charge is -2.39. The van der Waals surface area contributed by atoms with Crippen molar-refractivity contribution in [3.63, 3.8) is 0 Å². The Kier molecular flexibility index (Phi) is 6.61. The van der Waals surface area contributed by atoms with Gasteiger partial charge in [0.05, 0.1) is 5.57 Å². The van der Waals surface area contributed by atoms with Crippen LogP contribution in [-0.2, 0) is 14.3 Å². The van der Waals surface area contributed by atoms with E-state index in [1.807, 2.05) is 55.5 Å². The number of carbonyl (C=O) groups is 2. The van der Waals surface area contributed by atoms with Crippen LogP contribution in [0, 0.1) is 5.41 Å². The first kappa shape index (κ1) is 23.1. The molecular weight excluding hydrogens is 438 g/mol.